The van der Waals surface area contributed by atoms with E-state index in [4.69, 9.17) is 16.3 Å². The van der Waals surface area contributed by atoms with E-state index >= 15 is 0 Å². The minimum Gasteiger partial charge on any atom is -0.484 e. The molecule has 1 N–H and O–H groups in total. The molecule has 0 saturated carbocycles. The van der Waals surface area contributed by atoms with Crippen LogP contribution in [0.1, 0.15) is 5.56 Å². The summed E-state index contributed by atoms with van der Waals surface area (Å²) in [5.41, 5.74) is 0.763. The molecular formula is C15H13ClN2O4. The molecule has 22 heavy (non-hydrogen) atoms. The summed E-state index contributed by atoms with van der Waals surface area (Å²) < 4.78 is 5.32. The number of carbonyl (C=O) groups excluding carboxylic acids is 1. The van der Waals surface area contributed by atoms with Crippen molar-refractivity contribution in [3.8, 4) is 5.75 Å². The largest absolute Gasteiger partial charge is 0.484 e. The van der Waals surface area contributed by atoms with Crippen LogP contribution in [0.15, 0.2) is 42.5 Å². The van der Waals surface area contributed by atoms with Crippen molar-refractivity contribution >= 4 is 28.9 Å². The number of halogens is 1. The molecule has 0 radical (unpaired) electrons. The quantitative estimate of drug-likeness (QED) is 0.674. The Bertz CT molecular complexity index is 704. The molecule has 2 aromatic carbocycles. The van der Waals surface area contributed by atoms with E-state index in [1.165, 1.54) is 12.1 Å². The number of para-hydroxylation sites is 1. The topological polar surface area (TPSA) is 81.5 Å². The van der Waals surface area contributed by atoms with E-state index in [0.717, 1.165) is 0 Å². The van der Waals surface area contributed by atoms with Crippen molar-refractivity contribution in [2.75, 3.05) is 11.9 Å². The van der Waals surface area contributed by atoms with E-state index in [0.29, 0.717) is 17.0 Å². The Kier molecular flexibility index (Phi) is 4.95. The molecule has 1 amide bonds. The van der Waals surface area contributed by atoms with Gasteiger partial charge in [-0.25, -0.2) is 0 Å². The van der Waals surface area contributed by atoms with Crippen LogP contribution >= 0.6 is 11.6 Å². The zero-order valence-electron chi connectivity index (χ0n) is 11.7. The highest BCUT2D eigenvalue weighted by atomic mass is 35.5. The summed E-state index contributed by atoms with van der Waals surface area (Å²) >= 11 is 5.83. The molecule has 2 aromatic rings. The maximum Gasteiger partial charge on any atom is 0.288 e. The predicted octanol–water partition coefficient (Wildman–Crippen LogP) is 3.57. The minimum atomic E-state index is -0.570. The Morgan fingerprint density at radius 3 is 2.64 bits per heavy atom. The fourth-order valence-electron chi connectivity index (χ4n) is 1.79. The standard InChI is InChI=1S/C15H13ClN2O4/c1-10-7-14(18(20)21)12(16)8-13(10)17-15(19)9-22-11-5-3-2-4-6-11/h2-8H,9H2,1H3,(H,17,19). The molecule has 7 heteroatoms. The first kappa shape index (κ1) is 15.8. The molecule has 114 valence electrons. The maximum absolute atomic E-state index is 11.9. The molecule has 0 atom stereocenters. The van der Waals surface area contributed by atoms with Crippen LogP contribution in [0.25, 0.3) is 0 Å². The van der Waals surface area contributed by atoms with E-state index in [2.05, 4.69) is 5.32 Å². The molecule has 6 nitrogen and oxygen atoms in total. The van der Waals surface area contributed by atoms with Crippen molar-refractivity contribution < 1.29 is 14.5 Å². The minimum absolute atomic E-state index is 0.0325. The third-order valence-electron chi connectivity index (χ3n) is 2.88. The van der Waals surface area contributed by atoms with Gasteiger partial charge in [0.15, 0.2) is 6.61 Å². The lowest BCUT2D eigenvalue weighted by Gasteiger charge is -2.10. The van der Waals surface area contributed by atoms with Gasteiger partial charge in [-0.05, 0) is 30.7 Å². The number of hydrogen-bond donors (Lipinski definition) is 1. The van der Waals surface area contributed by atoms with E-state index in [-0.39, 0.29) is 23.2 Å². The molecule has 2 rings (SSSR count). The normalized spacial score (nSPS) is 10.1. The van der Waals surface area contributed by atoms with Crippen LogP contribution in [0.4, 0.5) is 11.4 Å². The Morgan fingerprint density at radius 1 is 1.32 bits per heavy atom. The Morgan fingerprint density at radius 2 is 2.00 bits per heavy atom. The fraction of sp³-hybridized carbons (Fsp3) is 0.133. The number of aryl methyl sites for hydroxylation is 1. The molecule has 0 fully saturated rings. The maximum atomic E-state index is 11.9. The number of nitro groups is 1. The number of nitrogens with zero attached hydrogens (tertiary/aromatic N) is 1. The van der Waals surface area contributed by atoms with Crippen LogP contribution in [-0.2, 0) is 4.79 Å². The number of rotatable bonds is 5. The molecule has 0 saturated heterocycles. The third kappa shape index (κ3) is 3.95. The van der Waals surface area contributed by atoms with Crippen LogP contribution in [0.2, 0.25) is 5.02 Å². The van der Waals surface area contributed by atoms with Gasteiger partial charge in [-0.1, -0.05) is 29.8 Å². The van der Waals surface area contributed by atoms with Gasteiger partial charge in [-0.15, -0.1) is 0 Å². The van der Waals surface area contributed by atoms with Gasteiger partial charge < -0.3 is 10.1 Å². The lowest BCUT2D eigenvalue weighted by Crippen LogP contribution is -2.20. The summed E-state index contributed by atoms with van der Waals surface area (Å²) in [6.07, 6.45) is 0. The Hall–Kier alpha value is -2.60. The smallest absolute Gasteiger partial charge is 0.288 e. The number of hydrogen-bond acceptors (Lipinski definition) is 4. The van der Waals surface area contributed by atoms with Gasteiger partial charge in [0.05, 0.1) is 4.92 Å². The summed E-state index contributed by atoms with van der Waals surface area (Å²) in [7, 11) is 0. The van der Waals surface area contributed by atoms with Gasteiger partial charge in [0, 0.05) is 11.8 Å². The number of ether oxygens (including phenoxy) is 1. The SMILES string of the molecule is Cc1cc([N+](=O)[O-])c(Cl)cc1NC(=O)COc1ccccc1. The first-order chi connectivity index (χ1) is 10.5. The van der Waals surface area contributed by atoms with Crippen LogP contribution in [0, 0.1) is 17.0 Å². The van der Waals surface area contributed by atoms with E-state index in [1.807, 2.05) is 6.07 Å². The Labute approximate surface area is 131 Å². The number of amides is 1. The van der Waals surface area contributed by atoms with Crippen LogP contribution in [-0.4, -0.2) is 17.4 Å². The fourth-order valence-corrected chi connectivity index (χ4v) is 2.03. The van der Waals surface area contributed by atoms with Crippen molar-refractivity contribution in [1.29, 1.82) is 0 Å². The lowest BCUT2D eigenvalue weighted by molar-refractivity contribution is -0.384. The van der Waals surface area contributed by atoms with Crippen molar-refractivity contribution in [3.05, 3.63) is 63.2 Å². The molecule has 0 unspecified atom stereocenters. The zero-order valence-corrected chi connectivity index (χ0v) is 12.5. The molecule has 0 aromatic heterocycles. The number of carbonyl (C=O) groups is 1. The van der Waals surface area contributed by atoms with Gasteiger partial charge in [0.25, 0.3) is 11.6 Å². The highest BCUT2D eigenvalue weighted by molar-refractivity contribution is 6.33. The first-order valence-corrected chi connectivity index (χ1v) is 6.77. The average Bonchev–Trinajstić information content (AvgIpc) is 2.49. The monoisotopic (exact) mass is 320 g/mol. The highest BCUT2D eigenvalue weighted by Crippen LogP contribution is 2.30. The Balaban J connectivity index is 2.02. The van der Waals surface area contributed by atoms with Gasteiger partial charge in [-0.3, -0.25) is 14.9 Å². The summed E-state index contributed by atoms with van der Waals surface area (Å²) in [6, 6.07) is 11.6. The van der Waals surface area contributed by atoms with Gasteiger partial charge >= 0.3 is 0 Å². The first-order valence-electron chi connectivity index (χ1n) is 6.39. The molecule has 0 heterocycles. The van der Waals surface area contributed by atoms with Crippen molar-refractivity contribution in [1.82, 2.24) is 0 Å². The summed E-state index contributed by atoms with van der Waals surface area (Å²) in [6.45, 7) is 1.48. The molecule has 0 spiro atoms. The van der Waals surface area contributed by atoms with E-state index in [1.54, 1.807) is 31.2 Å². The summed E-state index contributed by atoms with van der Waals surface area (Å²) in [4.78, 5) is 22.1. The second kappa shape index (κ2) is 6.91. The second-order valence-corrected chi connectivity index (χ2v) is 4.93. The van der Waals surface area contributed by atoms with Crippen molar-refractivity contribution in [2.24, 2.45) is 0 Å². The molecule has 0 aliphatic carbocycles. The van der Waals surface area contributed by atoms with Crippen molar-refractivity contribution in [2.45, 2.75) is 6.92 Å². The third-order valence-corrected chi connectivity index (χ3v) is 3.18. The van der Waals surface area contributed by atoms with Gasteiger partial charge in [-0.2, -0.15) is 0 Å². The van der Waals surface area contributed by atoms with E-state index in [9.17, 15) is 14.9 Å². The zero-order chi connectivity index (χ0) is 16.1. The molecular weight excluding hydrogens is 308 g/mol. The molecule has 0 aliphatic heterocycles. The van der Waals surface area contributed by atoms with Crippen LogP contribution < -0.4 is 10.1 Å². The number of anilines is 1. The van der Waals surface area contributed by atoms with Gasteiger partial charge in [0.2, 0.25) is 0 Å². The summed E-state index contributed by atoms with van der Waals surface area (Å²) in [5.74, 6) is 0.202. The van der Waals surface area contributed by atoms with Crippen LogP contribution in [0.5, 0.6) is 5.75 Å². The van der Waals surface area contributed by atoms with E-state index < -0.39 is 4.92 Å². The lowest BCUT2D eigenvalue weighted by atomic mass is 10.2. The highest BCUT2D eigenvalue weighted by Gasteiger charge is 2.16. The summed E-state index contributed by atoms with van der Waals surface area (Å²) in [5, 5.41) is 13.4. The van der Waals surface area contributed by atoms with Crippen molar-refractivity contribution in [3.63, 3.8) is 0 Å². The van der Waals surface area contributed by atoms with Crippen LogP contribution in [0.3, 0.4) is 0 Å². The number of nitrogens with one attached hydrogen (secondary N) is 1. The van der Waals surface area contributed by atoms with Gasteiger partial charge in [0.1, 0.15) is 10.8 Å². The second-order valence-electron chi connectivity index (χ2n) is 4.53. The molecule has 0 bridgehead atoms. The number of nitro benzene ring substituents is 1. The predicted molar refractivity (Wildman–Crippen MR) is 83.4 cm³/mol. The molecule has 0 aliphatic rings. The number of benzene rings is 2. The average molecular weight is 321 g/mol.